The summed E-state index contributed by atoms with van der Waals surface area (Å²) in [5.41, 5.74) is 0.848. The van der Waals surface area contributed by atoms with Crippen molar-refractivity contribution in [2.45, 2.75) is 31.7 Å². The second-order valence-corrected chi connectivity index (χ2v) is 7.27. The molecule has 142 valence electrons. The summed E-state index contributed by atoms with van der Waals surface area (Å²) in [6, 6.07) is 11.0. The predicted molar refractivity (Wildman–Crippen MR) is 104 cm³/mol. The molecule has 1 saturated carbocycles. The molecule has 27 heavy (non-hydrogen) atoms. The van der Waals surface area contributed by atoms with E-state index in [9.17, 15) is 14.0 Å². The molecule has 0 unspecified atom stereocenters. The van der Waals surface area contributed by atoms with Gasteiger partial charge in [-0.3, -0.25) is 9.59 Å². The fourth-order valence-corrected chi connectivity index (χ4v) is 3.51. The number of carbonyl (C=O) groups is 2. The Balaban J connectivity index is 1.61. The van der Waals surface area contributed by atoms with Crippen molar-refractivity contribution in [3.8, 4) is 5.75 Å². The highest BCUT2D eigenvalue weighted by molar-refractivity contribution is 9.10. The van der Waals surface area contributed by atoms with Gasteiger partial charge in [0.25, 0.3) is 11.8 Å². The zero-order valence-corrected chi connectivity index (χ0v) is 16.2. The minimum Gasteiger partial charge on any atom is -0.483 e. The van der Waals surface area contributed by atoms with E-state index in [1.165, 1.54) is 18.2 Å². The van der Waals surface area contributed by atoms with Crippen LogP contribution >= 0.6 is 15.9 Å². The van der Waals surface area contributed by atoms with Crippen LogP contribution in [0.3, 0.4) is 0 Å². The second-order valence-electron chi connectivity index (χ2n) is 6.41. The van der Waals surface area contributed by atoms with Crippen molar-refractivity contribution >= 4 is 33.4 Å². The van der Waals surface area contributed by atoms with Crippen LogP contribution in [0.2, 0.25) is 0 Å². The Morgan fingerprint density at radius 2 is 1.89 bits per heavy atom. The van der Waals surface area contributed by atoms with E-state index < -0.39 is 11.7 Å². The number of anilines is 1. The molecule has 2 aromatic carbocycles. The van der Waals surface area contributed by atoms with Gasteiger partial charge in [0.05, 0.1) is 15.7 Å². The lowest BCUT2D eigenvalue weighted by Gasteiger charge is -2.15. The fourth-order valence-electron chi connectivity index (χ4n) is 3.05. The number of ether oxygens (including phenoxy) is 1. The summed E-state index contributed by atoms with van der Waals surface area (Å²) in [6.07, 6.45) is 4.22. The van der Waals surface area contributed by atoms with E-state index in [-0.39, 0.29) is 18.6 Å². The van der Waals surface area contributed by atoms with Gasteiger partial charge < -0.3 is 15.4 Å². The molecule has 2 amide bonds. The molecule has 7 heteroatoms. The minimum absolute atomic E-state index is 0.194. The normalized spacial score (nSPS) is 14.0. The predicted octanol–water partition coefficient (Wildman–Crippen LogP) is 4.28. The number of nitrogens with one attached hydrogen (secondary N) is 2. The Morgan fingerprint density at radius 3 is 2.63 bits per heavy atom. The van der Waals surface area contributed by atoms with Crippen LogP contribution in [0.5, 0.6) is 5.75 Å². The number of halogens is 2. The van der Waals surface area contributed by atoms with Crippen molar-refractivity contribution in [2.75, 3.05) is 11.9 Å². The lowest BCUT2D eigenvalue weighted by molar-refractivity contribution is -0.118. The molecule has 0 heterocycles. The molecule has 3 rings (SSSR count). The molecule has 1 fully saturated rings. The highest BCUT2D eigenvalue weighted by Crippen LogP contribution is 2.25. The van der Waals surface area contributed by atoms with E-state index >= 15 is 0 Å². The Hall–Kier alpha value is -2.41. The van der Waals surface area contributed by atoms with Crippen molar-refractivity contribution in [1.29, 1.82) is 0 Å². The quantitative estimate of drug-likeness (QED) is 0.712. The molecule has 2 N–H and O–H groups in total. The van der Waals surface area contributed by atoms with E-state index in [4.69, 9.17) is 4.74 Å². The van der Waals surface area contributed by atoms with Crippen LogP contribution in [0.25, 0.3) is 0 Å². The number of benzene rings is 2. The monoisotopic (exact) mass is 434 g/mol. The molecule has 0 aromatic heterocycles. The van der Waals surface area contributed by atoms with Crippen LogP contribution in [-0.2, 0) is 4.79 Å². The molecule has 0 spiro atoms. The average molecular weight is 435 g/mol. The van der Waals surface area contributed by atoms with E-state index in [0.29, 0.717) is 21.5 Å². The molecular formula is C20H20BrFN2O3. The van der Waals surface area contributed by atoms with Gasteiger partial charge in [0, 0.05) is 6.04 Å². The van der Waals surface area contributed by atoms with Crippen molar-refractivity contribution in [3.63, 3.8) is 0 Å². The first kappa shape index (κ1) is 19.4. The summed E-state index contributed by atoms with van der Waals surface area (Å²) in [7, 11) is 0. The molecule has 0 radical (unpaired) electrons. The first-order chi connectivity index (χ1) is 13.0. The van der Waals surface area contributed by atoms with Gasteiger partial charge in [-0.1, -0.05) is 25.0 Å². The molecule has 0 bridgehead atoms. The molecule has 0 aliphatic heterocycles. The molecule has 1 aliphatic carbocycles. The highest BCUT2D eigenvalue weighted by atomic mass is 79.9. The first-order valence-electron chi connectivity index (χ1n) is 8.80. The van der Waals surface area contributed by atoms with Gasteiger partial charge >= 0.3 is 0 Å². The lowest BCUT2D eigenvalue weighted by atomic mass is 10.1. The van der Waals surface area contributed by atoms with E-state index in [1.807, 2.05) is 0 Å². The van der Waals surface area contributed by atoms with Gasteiger partial charge in [-0.25, -0.2) is 4.39 Å². The van der Waals surface area contributed by atoms with Crippen molar-refractivity contribution < 1.29 is 18.7 Å². The van der Waals surface area contributed by atoms with Gasteiger partial charge in [0.15, 0.2) is 6.61 Å². The van der Waals surface area contributed by atoms with Gasteiger partial charge in [0.1, 0.15) is 11.6 Å². The lowest BCUT2D eigenvalue weighted by Crippen LogP contribution is -2.33. The maximum absolute atomic E-state index is 13.1. The van der Waals surface area contributed by atoms with E-state index in [2.05, 4.69) is 26.6 Å². The van der Waals surface area contributed by atoms with Gasteiger partial charge in [-0.2, -0.15) is 0 Å². The van der Waals surface area contributed by atoms with Crippen LogP contribution in [0, 0.1) is 5.82 Å². The molecule has 2 aromatic rings. The Kier molecular flexibility index (Phi) is 6.45. The summed E-state index contributed by atoms with van der Waals surface area (Å²) in [5.74, 6) is -0.646. The number of para-hydroxylation sites is 1. The first-order valence-corrected chi connectivity index (χ1v) is 9.60. The van der Waals surface area contributed by atoms with E-state index in [1.54, 1.807) is 24.3 Å². The van der Waals surface area contributed by atoms with E-state index in [0.717, 1.165) is 25.7 Å². The van der Waals surface area contributed by atoms with Crippen LogP contribution < -0.4 is 15.4 Å². The Morgan fingerprint density at radius 1 is 1.15 bits per heavy atom. The summed E-state index contributed by atoms with van der Waals surface area (Å²) in [6.45, 7) is -0.261. The number of hydrogen-bond acceptors (Lipinski definition) is 3. The fraction of sp³-hybridized carbons (Fsp3) is 0.300. The second kappa shape index (κ2) is 8.99. The Labute approximate surface area is 165 Å². The summed E-state index contributed by atoms with van der Waals surface area (Å²) >= 11 is 3.19. The zero-order chi connectivity index (χ0) is 19.2. The minimum atomic E-state index is -0.410. The number of amides is 2. The van der Waals surface area contributed by atoms with Crippen LogP contribution in [0.1, 0.15) is 36.0 Å². The maximum atomic E-state index is 13.1. The SMILES string of the molecule is O=C(COc1ccc(F)cc1Br)Nc1ccccc1C(=O)NC1CCCC1. The zero-order valence-electron chi connectivity index (χ0n) is 14.6. The van der Waals surface area contributed by atoms with Gasteiger partial charge in [-0.05, 0) is 59.1 Å². The standard InChI is InChI=1S/C20H20BrFN2O3/c21-16-11-13(22)9-10-18(16)27-12-19(25)24-17-8-4-3-7-15(17)20(26)23-14-5-1-2-6-14/h3-4,7-11,14H,1-2,5-6,12H2,(H,23,26)(H,24,25). The molecule has 5 nitrogen and oxygen atoms in total. The average Bonchev–Trinajstić information content (AvgIpc) is 3.14. The van der Waals surface area contributed by atoms with Crippen molar-refractivity contribution in [3.05, 3.63) is 58.3 Å². The summed E-state index contributed by atoms with van der Waals surface area (Å²) in [4.78, 5) is 24.7. The largest absolute Gasteiger partial charge is 0.483 e. The van der Waals surface area contributed by atoms with Crippen LogP contribution in [0.15, 0.2) is 46.9 Å². The van der Waals surface area contributed by atoms with Crippen molar-refractivity contribution in [2.24, 2.45) is 0 Å². The maximum Gasteiger partial charge on any atom is 0.262 e. The third kappa shape index (κ3) is 5.29. The van der Waals surface area contributed by atoms with Crippen LogP contribution in [0.4, 0.5) is 10.1 Å². The van der Waals surface area contributed by atoms with Gasteiger partial charge in [0.2, 0.25) is 0 Å². The summed E-state index contributed by atoms with van der Waals surface area (Å²) < 4.78 is 18.9. The molecule has 0 saturated heterocycles. The molecular weight excluding hydrogens is 415 g/mol. The highest BCUT2D eigenvalue weighted by Gasteiger charge is 2.20. The number of rotatable bonds is 6. The van der Waals surface area contributed by atoms with Crippen LogP contribution in [-0.4, -0.2) is 24.5 Å². The topological polar surface area (TPSA) is 67.4 Å². The molecule has 1 aliphatic rings. The number of hydrogen-bond donors (Lipinski definition) is 2. The van der Waals surface area contributed by atoms with Crippen molar-refractivity contribution in [1.82, 2.24) is 5.32 Å². The third-order valence-corrected chi connectivity index (χ3v) is 5.01. The Bertz CT molecular complexity index is 838. The summed E-state index contributed by atoms with van der Waals surface area (Å²) in [5, 5.41) is 5.72. The molecule has 0 atom stereocenters. The smallest absolute Gasteiger partial charge is 0.262 e. The van der Waals surface area contributed by atoms with Gasteiger partial charge in [-0.15, -0.1) is 0 Å². The third-order valence-electron chi connectivity index (χ3n) is 4.39. The number of carbonyl (C=O) groups excluding carboxylic acids is 2.